The van der Waals surface area contributed by atoms with Crippen molar-refractivity contribution in [3.63, 3.8) is 0 Å². The standard InChI is InChI=1S/C21H18N.Ir/c1-14-12-16-15-8-4-5-9-18(15)21(2,3)20(16)17(13-14)19-10-6-7-11-22-19;/h4-12H,1-3H3;/q-1;. The van der Waals surface area contributed by atoms with Crippen LogP contribution >= 0.6 is 0 Å². The van der Waals surface area contributed by atoms with Crippen LogP contribution < -0.4 is 0 Å². The van der Waals surface area contributed by atoms with Crippen LogP contribution in [-0.4, -0.2) is 4.98 Å². The SMILES string of the molecule is Cc1[c-]c(-c2ccccn2)c2c(c1)-c1ccccc1C2(C)C.[Ir]. The summed E-state index contributed by atoms with van der Waals surface area (Å²) in [6.45, 7) is 6.71. The second kappa shape index (κ2) is 5.70. The third-order valence-electron chi connectivity index (χ3n) is 4.64. The summed E-state index contributed by atoms with van der Waals surface area (Å²) < 4.78 is 0. The number of hydrogen-bond acceptors (Lipinski definition) is 1. The number of fused-ring (bicyclic) bond motifs is 3. The van der Waals surface area contributed by atoms with Crippen LogP contribution in [0.4, 0.5) is 0 Å². The van der Waals surface area contributed by atoms with Gasteiger partial charge in [-0.25, -0.2) is 0 Å². The minimum atomic E-state index is -0.0248. The Hall–Kier alpha value is -1.76. The molecule has 1 aliphatic rings. The van der Waals surface area contributed by atoms with Gasteiger partial charge in [-0.05, 0) is 28.3 Å². The largest absolute Gasteiger partial charge is 0.305 e. The van der Waals surface area contributed by atoms with Gasteiger partial charge in [-0.1, -0.05) is 62.7 Å². The predicted molar refractivity (Wildman–Crippen MR) is 90.8 cm³/mol. The third-order valence-corrected chi connectivity index (χ3v) is 4.64. The van der Waals surface area contributed by atoms with Crippen molar-refractivity contribution in [1.82, 2.24) is 4.98 Å². The Balaban J connectivity index is 0.00000156. The zero-order valence-electron chi connectivity index (χ0n) is 13.5. The summed E-state index contributed by atoms with van der Waals surface area (Å²) in [4.78, 5) is 4.56. The number of pyridine rings is 1. The molecule has 0 saturated heterocycles. The first-order chi connectivity index (χ1) is 10.6. The van der Waals surface area contributed by atoms with Crippen molar-refractivity contribution in [1.29, 1.82) is 0 Å². The Morgan fingerprint density at radius 2 is 1.70 bits per heavy atom. The zero-order valence-corrected chi connectivity index (χ0v) is 15.9. The van der Waals surface area contributed by atoms with Crippen molar-refractivity contribution in [2.45, 2.75) is 26.2 Å². The van der Waals surface area contributed by atoms with Gasteiger partial charge >= 0.3 is 0 Å². The van der Waals surface area contributed by atoms with Crippen molar-refractivity contribution in [2.24, 2.45) is 0 Å². The van der Waals surface area contributed by atoms with Crippen molar-refractivity contribution >= 4 is 0 Å². The molecule has 2 heteroatoms. The van der Waals surface area contributed by atoms with E-state index in [0.29, 0.717) is 0 Å². The second-order valence-electron chi connectivity index (χ2n) is 6.50. The van der Waals surface area contributed by atoms with Crippen LogP contribution in [0.1, 0.15) is 30.5 Å². The average molecular weight is 477 g/mol. The summed E-state index contributed by atoms with van der Waals surface area (Å²) >= 11 is 0. The molecule has 0 atom stereocenters. The zero-order chi connectivity index (χ0) is 15.3. The number of benzene rings is 2. The van der Waals surface area contributed by atoms with E-state index < -0.39 is 0 Å². The molecular formula is C21H18IrN-. The molecule has 0 spiro atoms. The summed E-state index contributed by atoms with van der Waals surface area (Å²) in [5.41, 5.74) is 8.68. The summed E-state index contributed by atoms with van der Waals surface area (Å²) in [7, 11) is 0. The molecule has 0 bridgehead atoms. The minimum absolute atomic E-state index is 0. The van der Waals surface area contributed by atoms with E-state index in [2.05, 4.69) is 68.2 Å². The van der Waals surface area contributed by atoms with Gasteiger partial charge in [-0.2, -0.15) is 0 Å². The normalized spacial score (nSPS) is 13.9. The van der Waals surface area contributed by atoms with E-state index in [1.54, 1.807) is 0 Å². The van der Waals surface area contributed by atoms with Gasteiger partial charge in [-0.3, -0.25) is 0 Å². The molecule has 2 aromatic carbocycles. The fraction of sp³-hybridized carbons (Fsp3) is 0.190. The number of hydrogen-bond donors (Lipinski definition) is 0. The van der Waals surface area contributed by atoms with Crippen LogP contribution in [0.3, 0.4) is 0 Å². The van der Waals surface area contributed by atoms with Gasteiger partial charge in [0.05, 0.1) is 0 Å². The molecule has 0 N–H and O–H groups in total. The molecule has 1 aromatic heterocycles. The Morgan fingerprint density at radius 3 is 2.43 bits per heavy atom. The number of rotatable bonds is 1. The Bertz CT molecular complexity index is 866. The van der Waals surface area contributed by atoms with Crippen molar-refractivity contribution in [3.05, 3.63) is 77.5 Å². The van der Waals surface area contributed by atoms with Gasteiger partial charge < -0.3 is 4.98 Å². The van der Waals surface area contributed by atoms with Crippen LogP contribution in [0.2, 0.25) is 0 Å². The second-order valence-corrected chi connectivity index (χ2v) is 6.50. The molecular weight excluding hydrogens is 458 g/mol. The Kier molecular flexibility index (Phi) is 4.00. The molecule has 0 fully saturated rings. The molecule has 23 heavy (non-hydrogen) atoms. The van der Waals surface area contributed by atoms with Crippen molar-refractivity contribution in [3.8, 4) is 22.4 Å². The maximum atomic E-state index is 4.56. The van der Waals surface area contributed by atoms with E-state index in [1.807, 2.05) is 18.3 Å². The van der Waals surface area contributed by atoms with E-state index in [4.69, 9.17) is 0 Å². The Labute approximate surface area is 151 Å². The summed E-state index contributed by atoms with van der Waals surface area (Å²) in [6.07, 6.45) is 1.85. The van der Waals surface area contributed by atoms with Crippen molar-refractivity contribution in [2.75, 3.05) is 0 Å². The molecule has 0 saturated carbocycles. The molecule has 3 aromatic rings. The molecule has 4 rings (SSSR count). The molecule has 1 heterocycles. The van der Waals surface area contributed by atoms with E-state index in [-0.39, 0.29) is 25.5 Å². The summed E-state index contributed by atoms with van der Waals surface area (Å²) in [5.74, 6) is 0. The van der Waals surface area contributed by atoms with Crippen LogP contribution in [0.25, 0.3) is 22.4 Å². The third kappa shape index (κ3) is 2.38. The smallest absolute Gasteiger partial charge is 0.0160 e. The first kappa shape index (κ1) is 16.1. The predicted octanol–water partition coefficient (Wildman–Crippen LogP) is 5.16. The molecule has 1 aliphatic carbocycles. The summed E-state index contributed by atoms with van der Waals surface area (Å²) in [6, 6.07) is 20.6. The van der Waals surface area contributed by atoms with Crippen LogP contribution in [0, 0.1) is 13.0 Å². The van der Waals surface area contributed by atoms with Gasteiger partial charge in [0.15, 0.2) is 0 Å². The van der Waals surface area contributed by atoms with Crippen LogP contribution in [-0.2, 0) is 25.5 Å². The average Bonchev–Trinajstić information content (AvgIpc) is 2.76. The first-order valence-corrected chi connectivity index (χ1v) is 7.68. The van der Waals surface area contributed by atoms with Gasteiger partial charge in [0.2, 0.25) is 0 Å². The maximum absolute atomic E-state index is 4.56. The first-order valence-electron chi connectivity index (χ1n) is 7.68. The van der Waals surface area contributed by atoms with E-state index >= 15 is 0 Å². The fourth-order valence-electron chi connectivity index (χ4n) is 3.68. The quantitative estimate of drug-likeness (QED) is 0.442. The number of aryl methyl sites for hydroxylation is 1. The van der Waals surface area contributed by atoms with Gasteiger partial charge in [0.25, 0.3) is 0 Å². The molecule has 1 nitrogen and oxygen atoms in total. The minimum Gasteiger partial charge on any atom is -0.305 e. The molecule has 1 radical (unpaired) electrons. The number of nitrogens with zero attached hydrogens (tertiary/aromatic N) is 1. The van der Waals surface area contributed by atoms with E-state index in [1.165, 1.54) is 22.3 Å². The summed E-state index contributed by atoms with van der Waals surface area (Å²) in [5, 5.41) is 0. The fourth-order valence-corrected chi connectivity index (χ4v) is 3.68. The maximum Gasteiger partial charge on any atom is 0.0160 e. The van der Waals surface area contributed by atoms with Crippen molar-refractivity contribution < 1.29 is 20.1 Å². The molecule has 0 unspecified atom stereocenters. The molecule has 0 amide bonds. The van der Waals surface area contributed by atoms with Crippen LogP contribution in [0.15, 0.2) is 54.7 Å². The molecule has 0 aliphatic heterocycles. The number of aromatic nitrogens is 1. The Morgan fingerprint density at radius 1 is 0.957 bits per heavy atom. The van der Waals surface area contributed by atoms with E-state index in [0.717, 1.165) is 16.8 Å². The monoisotopic (exact) mass is 477 g/mol. The van der Waals surface area contributed by atoms with Gasteiger partial charge in [0, 0.05) is 26.3 Å². The van der Waals surface area contributed by atoms with E-state index in [9.17, 15) is 0 Å². The van der Waals surface area contributed by atoms with Gasteiger partial charge in [0.1, 0.15) is 0 Å². The van der Waals surface area contributed by atoms with Crippen LogP contribution in [0.5, 0.6) is 0 Å². The van der Waals surface area contributed by atoms with Gasteiger partial charge in [-0.15, -0.1) is 28.8 Å². The molecule has 117 valence electrons. The topological polar surface area (TPSA) is 12.9 Å².